The third kappa shape index (κ3) is 5.84. The Morgan fingerprint density at radius 1 is 0.909 bits per heavy atom. The number of methoxy groups -OCH3 is 2. The van der Waals surface area contributed by atoms with Crippen molar-refractivity contribution >= 4 is 28.9 Å². The second-order valence-electron chi connectivity index (χ2n) is 10.7. The van der Waals surface area contributed by atoms with Gasteiger partial charge in [0.25, 0.3) is 5.69 Å². The first-order chi connectivity index (χ1) is 21.0. The number of rotatable bonds is 9. The number of non-ortho nitro benzene ring substituents is 1. The number of nitro groups is 1. The van der Waals surface area contributed by atoms with Gasteiger partial charge in [-0.05, 0) is 62.2 Å². The zero-order valence-corrected chi connectivity index (χ0v) is 24.8. The number of carbonyl (C=O) groups excluding carboxylic acids is 2. The van der Waals surface area contributed by atoms with Crippen molar-refractivity contribution in [2.24, 2.45) is 0 Å². The standard InChI is InChI=1S/C33H31N3O8/c1-19-8-6-7-9-22(19)31(37)44-21-11-12-24(28(17-21)42-5)23-13-14-26-30(34-32(38)33(2,3)35-26)25(23)18-43-29-16-20(36(39)40)10-15-27(29)41-4/h6-17,35H,18H2,1-5H3,(H,34,38). The molecule has 0 saturated carbocycles. The summed E-state index contributed by atoms with van der Waals surface area (Å²) in [5.41, 5.74) is 3.25. The molecule has 0 fully saturated rings. The van der Waals surface area contributed by atoms with Crippen LogP contribution in [0.4, 0.5) is 17.1 Å². The van der Waals surface area contributed by atoms with E-state index in [0.717, 1.165) is 5.56 Å². The first-order valence-corrected chi connectivity index (χ1v) is 13.7. The predicted molar refractivity (Wildman–Crippen MR) is 165 cm³/mol. The summed E-state index contributed by atoms with van der Waals surface area (Å²) in [6.45, 7) is 5.27. The fourth-order valence-electron chi connectivity index (χ4n) is 4.92. The molecule has 0 aliphatic carbocycles. The van der Waals surface area contributed by atoms with Crippen LogP contribution < -0.4 is 29.6 Å². The summed E-state index contributed by atoms with van der Waals surface area (Å²) < 4.78 is 22.9. The van der Waals surface area contributed by atoms with Gasteiger partial charge in [0.05, 0.1) is 42.1 Å². The molecule has 226 valence electrons. The van der Waals surface area contributed by atoms with Crippen LogP contribution in [0.1, 0.15) is 35.3 Å². The van der Waals surface area contributed by atoms with Crippen LogP contribution in [-0.2, 0) is 11.4 Å². The molecule has 2 N–H and O–H groups in total. The number of fused-ring (bicyclic) bond motifs is 1. The Labute approximate surface area is 253 Å². The highest BCUT2D eigenvalue weighted by Crippen LogP contribution is 2.44. The zero-order valence-electron chi connectivity index (χ0n) is 24.8. The van der Waals surface area contributed by atoms with Gasteiger partial charge in [0.1, 0.15) is 23.6 Å². The van der Waals surface area contributed by atoms with Gasteiger partial charge in [0, 0.05) is 23.3 Å². The first kappa shape index (κ1) is 29.9. The predicted octanol–water partition coefficient (Wildman–Crippen LogP) is 6.53. The molecule has 1 aliphatic heterocycles. The molecule has 4 aromatic rings. The summed E-state index contributed by atoms with van der Waals surface area (Å²) in [6, 6.07) is 19.9. The van der Waals surface area contributed by atoms with Crippen molar-refractivity contribution in [3.63, 3.8) is 0 Å². The van der Waals surface area contributed by atoms with Gasteiger partial charge in [-0.2, -0.15) is 0 Å². The van der Waals surface area contributed by atoms with Gasteiger partial charge < -0.3 is 29.6 Å². The van der Waals surface area contributed by atoms with E-state index in [1.54, 1.807) is 44.2 Å². The van der Waals surface area contributed by atoms with Crippen LogP contribution in [-0.4, -0.2) is 36.6 Å². The highest BCUT2D eigenvalue weighted by atomic mass is 16.6. The second-order valence-corrected chi connectivity index (χ2v) is 10.7. The molecule has 0 saturated heterocycles. The van der Waals surface area contributed by atoms with Crippen molar-refractivity contribution in [1.29, 1.82) is 0 Å². The van der Waals surface area contributed by atoms with E-state index in [1.165, 1.54) is 32.4 Å². The molecule has 5 rings (SSSR count). The number of hydrogen-bond donors (Lipinski definition) is 2. The lowest BCUT2D eigenvalue weighted by molar-refractivity contribution is -0.385. The van der Waals surface area contributed by atoms with Gasteiger partial charge in [0.15, 0.2) is 11.5 Å². The van der Waals surface area contributed by atoms with Crippen LogP contribution in [0.25, 0.3) is 11.1 Å². The van der Waals surface area contributed by atoms with Crippen molar-refractivity contribution in [2.45, 2.75) is 32.9 Å². The Bertz CT molecular complexity index is 1780. The lowest BCUT2D eigenvalue weighted by Crippen LogP contribution is -2.47. The second kappa shape index (κ2) is 12.0. The van der Waals surface area contributed by atoms with Gasteiger partial charge in [-0.1, -0.05) is 24.3 Å². The number of hydrogen-bond acceptors (Lipinski definition) is 9. The monoisotopic (exact) mass is 597 g/mol. The summed E-state index contributed by atoms with van der Waals surface area (Å²) in [4.78, 5) is 36.8. The number of nitrogens with zero attached hydrogens (tertiary/aromatic N) is 1. The molecule has 0 radical (unpaired) electrons. The molecule has 1 aliphatic rings. The maximum Gasteiger partial charge on any atom is 0.343 e. The molecule has 1 amide bonds. The third-order valence-electron chi connectivity index (χ3n) is 7.33. The highest BCUT2D eigenvalue weighted by Gasteiger charge is 2.35. The van der Waals surface area contributed by atoms with E-state index >= 15 is 0 Å². The fourth-order valence-corrected chi connectivity index (χ4v) is 4.92. The van der Waals surface area contributed by atoms with Gasteiger partial charge in [0.2, 0.25) is 5.91 Å². The summed E-state index contributed by atoms with van der Waals surface area (Å²) in [5, 5.41) is 17.7. The molecule has 11 nitrogen and oxygen atoms in total. The van der Waals surface area contributed by atoms with Gasteiger partial charge in [-0.25, -0.2) is 4.79 Å². The molecule has 0 atom stereocenters. The largest absolute Gasteiger partial charge is 0.496 e. The lowest BCUT2D eigenvalue weighted by atomic mass is 9.92. The van der Waals surface area contributed by atoms with E-state index in [0.29, 0.717) is 45.1 Å². The van der Waals surface area contributed by atoms with Crippen LogP contribution in [0.2, 0.25) is 0 Å². The molecule has 0 bridgehead atoms. The Morgan fingerprint density at radius 3 is 2.34 bits per heavy atom. The Balaban J connectivity index is 1.56. The summed E-state index contributed by atoms with van der Waals surface area (Å²) in [5.74, 6) is 0.413. The van der Waals surface area contributed by atoms with Crippen molar-refractivity contribution in [2.75, 3.05) is 24.9 Å². The average Bonchev–Trinajstić information content (AvgIpc) is 3.00. The minimum absolute atomic E-state index is 0.0917. The number of aryl methyl sites for hydroxylation is 1. The van der Waals surface area contributed by atoms with Gasteiger partial charge in [-0.3, -0.25) is 14.9 Å². The maximum atomic E-state index is 13.0. The smallest absolute Gasteiger partial charge is 0.343 e. The molecular weight excluding hydrogens is 566 g/mol. The first-order valence-electron chi connectivity index (χ1n) is 13.7. The van der Waals surface area contributed by atoms with Crippen molar-refractivity contribution in [3.8, 4) is 34.1 Å². The number of nitro benzene ring substituents is 1. The molecule has 11 heteroatoms. The third-order valence-corrected chi connectivity index (χ3v) is 7.33. The molecule has 0 aromatic heterocycles. The number of carbonyl (C=O) groups is 2. The molecule has 0 unspecified atom stereocenters. The normalized spacial score (nSPS) is 13.2. The molecule has 4 aromatic carbocycles. The number of benzene rings is 4. The van der Waals surface area contributed by atoms with E-state index in [4.69, 9.17) is 18.9 Å². The number of anilines is 2. The van der Waals surface area contributed by atoms with E-state index in [-0.39, 0.29) is 29.7 Å². The van der Waals surface area contributed by atoms with Crippen LogP contribution in [0.15, 0.2) is 72.8 Å². The highest BCUT2D eigenvalue weighted by molar-refractivity contribution is 6.07. The van der Waals surface area contributed by atoms with Crippen LogP contribution in [0, 0.1) is 17.0 Å². The van der Waals surface area contributed by atoms with E-state index in [2.05, 4.69) is 10.6 Å². The number of esters is 1. The van der Waals surface area contributed by atoms with E-state index in [1.807, 2.05) is 31.2 Å². The van der Waals surface area contributed by atoms with Crippen LogP contribution in [0.5, 0.6) is 23.0 Å². The van der Waals surface area contributed by atoms with Crippen molar-refractivity contribution < 1.29 is 33.5 Å². The molecule has 0 spiro atoms. The number of ether oxygens (including phenoxy) is 4. The molecular formula is C33H31N3O8. The SMILES string of the molecule is COc1ccc([N+](=O)[O-])cc1OCc1c(-c2ccc(OC(=O)c3ccccc3C)cc2OC)ccc2c1NC(=O)C(C)(C)N2. The summed E-state index contributed by atoms with van der Waals surface area (Å²) in [6.07, 6.45) is 0. The van der Waals surface area contributed by atoms with Gasteiger partial charge in [-0.15, -0.1) is 0 Å². The molecule has 44 heavy (non-hydrogen) atoms. The fraction of sp³-hybridized carbons (Fsp3) is 0.212. The van der Waals surface area contributed by atoms with Crippen molar-refractivity contribution in [3.05, 3.63) is 99.6 Å². The van der Waals surface area contributed by atoms with Crippen LogP contribution >= 0.6 is 0 Å². The van der Waals surface area contributed by atoms with Gasteiger partial charge >= 0.3 is 5.97 Å². The Morgan fingerprint density at radius 2 is 1.64 bits per heavy atom. The number of amides is 1. The van der Waals surface area contributed by atoms with E-state index < -0.39 is 16.4 Å². The quantitative estimate of drug-likeness (QED) is 0.0954. The maximum absolute atomic E-state index is 13.0. The average molecular weight is 598 g/mol. The minimum atomic E-state index is -0.865. The lowest BCUT2D eigenvalue weighted by Gasteiger charge is -2.34. The Hall–Kier alpha value is -5.58. The summed E-state index contributed by atoms with van der Waals surface area (Å²) in [7, 11) is 2.94. The Kier molecular flexibility index (Phi) is 8.13. The summed E-state index contributed by atoms with van der Waals surface area (Å²) >= 11 is 0. The van der Waals surface area contributed by atoms with Crippen molar-refractivity contribution in [1.82, 2.24) is 0 Å². The number of nitrogens with one attached hydrogen (secondary N) is 2. The topological polar surface area (TPSA) is 138 Å². The van der Waals surface area contributed by atoms with E-state index in [9.17, 15) is 19.7 Å². The zero-order chi connectivity index (χ0) is 31.6. The minimum Gasteiger partial charge on any atom is -0.496 e. The van der Waals surface area contributed by atoms with Crippen LogP contribution in [0.3, 0.4) is 0 Å². The molecule has 1 heterocycles.